The highest BCUT2D eigenvalue weighted by atomic mass is 16.5. The predicted molar refractivity (Wildman–Crippen MR) is 80.1 cm³/mol. The highest BCUT2D eigenvalue weighted by Crippen LogP contribution is 2.30. The largest absolute Gasteiger partial charge is 0.395 e. The molecule has 0 aromatic carbocycles. The molecule has 1 amide bonds. The fraction of sp³-hybridized carbons (Fsp3) is 0.733. The van der Waals surface area contributed by atoms with E-state index in [0.29, 0.717) is 31.1 Å². The van der Waals surface area contributed by atoms with Crippen molar-refractivity contribution < 1.29 is 9.53 Å². The molecule has 116 valence electrons. The van der Waals surface area contributed by atoms with Crippen LogP contribution in [0.15, 0.2) is 0 Å². The van der Waals surface area contributed by atoms with Crippen LogP contribution in [0, 0.1) is 6.92 Å². The number of amides is 1. The molecule has 1 aromatic rings. The van der Waals surface area contributed by atoms with Gasteiger partial charge in [-0.25, -0.2) is 0 Å². The second-order valence-electron chi connectivity index (χ2n) is 5.92. The number of hydrogen-bond acceptors (Lipinski definition) is 4. The first-order valence-corrected chi connectivity index (χ1v) is 7.89. The molecule has 0 bridgehead atoms. The van der Waals surface area contributed by atoms with Gasteiger partial charge in [0.15, 0.2) is 0 Å². The van der Waals surface area contributed by atoms with E-state index in [0.717, 1.165) is 25.0 Å². The number of nitrogens with two attached hydrogens (primary N) is 1. The molecule has 1 aliphatic heterocycles. The van der Waals surface area contributed by atoms with Crippen molar-refractivity contribution in [1.82, 2.24) is 14.7 Å². The lowest BCUT2D eigenvalue weighted by atomic mass is 9.90. The highest BCUT2D eigenvalue weighted by Gasteiger charge is 2.38. The first kappa shape index (κ1) is 14.4. The van der Waals surface area contributed by atoms with Crippen LogP contribution in [0.25, 0.3) is 0 Å². The monoisotopic (exact) mass is 292 g/mol. The number of ether oxygens (including phenoxy) is 1. The van der Waals surface area contributed by atoms with Crippen LogP contribution in [-0.2, 0) is 11.3 Å². The van der Waals surface area contributed by atoms with Gasteiger partial charge >= 0.3 is 0 Å². The summed E-state index contributed by atoms with van der Waals surface area (Å²) in [5, 5.41) is 4.36. The predicted octanol–water partition coefficient (Wildman–Crippen LogP) is 1.58. The third-order valence-electron chi connectivity index (χ3n) is 4.67. The Kier molecular flexibility index (Phi) is 3.89. The van der Waals surface area contributed by atoms with Crippen LogP contribution >= 0.6 is 0 Å². The molecule has 2 unspecified atom stereocenters. The molecule has 21 heavy (non-hydrogen) atoms. The van der Waals surface area contributed by atoms with E-state index in [2.05, 4.69) is 5.10 Å². The molecule has 0 radical (unpaired) electrons. The van der Waals surface area contributed by atoms with E-state index in [1.807, 2.05) is 18.7 Å². The van der Waals surface area contributed by atoms with Gasteiger partial charge in [-0.05, 0) is 26.7 Å². The van der Waals surface area contributed by atoms with Crippen molar-refractivity contribution in [2.24, 2.45) is 0 Å². The quantitative estimate of drug-likeness (QED) is 0.898. The molecule has 3 rings (SSSR count). The lowest BCUT2D eigenvalue weighted by molar-refractivity contribution is -0.0755. The minimum absolute atomic E-state index is 0.00940. The number of hydrogen-bond donors (Lipinski definition) is 1. The number of nitrogens with zero attached hydrogens (tertiary/aromatic N) is 3. The van der Waals surface area contributed by atoms with Gasteiger partial charge < -0.3 is 15.4 Å². The van der Waals surface area contributed by atoms with Crippen LogP contribution in [0.2, 0.25) is 0 Å². The minimum atomic E-state index is 0.00940. The third-order valence-corrected chi connectivity index (χ3v) is 4.67. The number of carbonyl (C=O) groups excluding carboxylic acids is 1. The van der Waals surface area contributed by atoms with E-state index in [1.54, 1.807) is 4.68 Å². The van der Waals surface area contributed by atoms with E-state index in [4.69, 9.17) is 10.5 Å². The summed E-state index contributed by atoms with van der Waals surface area (Å²) in [6.45, 7) is 5.74. The molecule has 6 heteroatoms. The zero-order valence-corrected chi connectivity index (χ0v) is 12.8. The Morgan fingerprint density at radius 1 is 1.43 bits per heavy atom. The second-order valence-corrected chi connectivity index (χ2v) is 5.92. The maximum Gasteiger partial charge on any atom is 0.274 e. The van der Waals surface area contributed by atoms with Gasteiger partial charge in [-0.2, -0.15) is 5.10 Å². The summed E-state index contributed by atoms with van der Waals surface area (Å²) in [5.41, 5.74) is 7.88. The zero-order valence-electron chi connectivity index (χ0n) is 12.8. The number of nitrogen functional groups attached to an aromatic ring is 1. The number of aryl methyl sites for hydroxylation is 2. The lowest BCUT2D eigenvalue weighted by Crippen LogP contribution is -2.55. The fourth-order valence-electron chi connectivity index (χ4n) is 3.53. The Morgan fingerprint density at radius 3 is 2.95 bits per heavy atom. The van der Waals surface area contributed by atoms with E-state index in [-0.39, 0.29) is 18.1 Å². The third kappa shape index (κ3) is 2.41. The number of rotatable bonds is 2. The Morgan fingerprint density at radius 2 is 2.19 bits per heavy atom. The molecule has 6 nitrogen and oxygen atoms in total. The molecule has 0 spiro atoms. The summed E-state index contributed by atoms with van der Waals surface area (Å²) in [6, 6.07) is 0.194. The maximum absolute atomic E-state index is 13.0. The Labute approximate surface area is 125 Å². The van der Waals surface area contributed by atoms with Gasteiger partial charge in [0.2, 0.25) is 0 Å². The van der Waals surface area contributed by atoms with Gasteiger partial charge in [0.05, 0.1) is 30.1 Å². The fourth-order valence-corrected chi connectivity index (χ4v) is 3.53. The van der Waals surface area contributed by atoms with Crippen molar-refractivity contribution in [1.29, 1.82) is 0 Å². The van der Waals surface area contributed by atoms with E-state index < -0.39 is 0 Å². The van der Waals surface area contributed by atoms with Gasteiger partial charge in [-0.15, -0.1) is 0 Å². The molecule has 1 saturated heterocycles. The average molecular weight is 292 g/mol. The van der Waals surface area contributed by atoms with Gasteiger partial charge in [0.25, 0.3) is 5.91 Å². The summed E-state index contributed by atoms with van der Waals surface area (Å²) >= 11 is 0. The minimum Gasteiger partial charge on any atom is -0.395 e. The Bertz CT molecular complexity index is 538. The van der Waals surface area contributed by atoms with Crippen LogP contribution in [0.5, 0.6) is 0 Å². The van der Waals surface area contributed by atoms with Gasteiger partial charge in [-0.1, -0.05) is 12.8 Å². The van der Waals surface area contributed by atoms with Gasteiger partial charge in [-0.3, -0.25) is 9.48 Å². The standard InChI is InChI=1S/C15H24N4O2/c1-3-19-14(13(16)10(2)17-19)15(20)18-8-9-21-12-7-5-4-6-11(12)18/h11-12H,3-9,16H2,1-2H3. The molecule has 1 aromatic heterocycles. The molecular formula is C15H24N4O2. The van der Waals surface area contributed by atoms with Crippen LogP contribution in [0.4, 0.5) is 5.69 Å². The number of fused-ring (bicyclic) bond motifs is 1. The molecule has 2 N–H and O–H groups in total. The van der Waals surface area contributed by atoms with Crippen LogP contribution in [0.1, 0.15) is 48.8 Å². The van der Waals surface area contributed by atoms with Gasteiger partial charge in [0.1, 0.15) is 5.69 Å². The van der Waals surface area contributed by atoms with Crippen LogP contribution < -0.4 is 5.73 Å². The lowest BCUT2D eigenvalue weighted by Gasteiger charge is -2.43. The van der Waals surface area contributed by atoms with Crippen LogP contribution in [0.3, 0.4) is 0 Å². The molecule has 2 heterocycles. The molecule has 2 aliphatic rings. The normalized spacial score (nSPS) is 25.7. The summed E-state index contributed by atoms with van der Waals surface area (Å²) in [7, 11) is 0. The summed E-state index contributed by atoms with van der Waals surface area (Å²) < 4.78 is 7.57. The van der Waals surface area contributed by atoms with Crippen molar-refractivity contribution in [3.05, 3.63) is 11.4 Å². The topological polar surface area (TPSA) is 73.4 Å². The Balaban J connectivity index is 1.90. The molecule has 2 atom stereocenters. The van der Waals surface area contributed by atoms with Crippen molar-refractivity contribution in [2.75, 3.05) is 18.9 Å². The molecule has 1 aliphatic carbocycles. The van der Waals surface area contributed by atoms with Crippen molar-refractivity contribution in [3.8, 4) is 0 Å². The van der Waals surface area contributed by atoms with Crippen molar-refractivity contribution >= 4 is 11.6 Å². The highest BCUT2D eigenvalue weighted by molar-refractivity contribution is 5.98. The number of anilines is 1. The Hall–Kier alpha value is -1.56. The van der Waals surface area contributed by atoms with E-state index in [1.165, 1.54) is 6.42 Å². The zero-order chi connectivity index (χ0) is 15.0. The SMILES string of the molecule is CCn1nc(C)c(N)c1C(=O)N1CCOC2CCCCC21. The summed E-state index contributed by atoms with van der Waals surface area (Å²) in [6.07, 6.45) is 4.62. The maximum atomic E-state index is 13.0. The van der Waals surface area contributed by atoms with Crippen molar-refractivity contribution in [3.63, 3.8) is 0 Å². The number of carbonyl (C=O) groups is 1. The molecular weight excluding hydrogens is 268 g/mol. The van der Waals surface area contributed by atoms with E-state index in [9.17, 15) is 4.79 Å². The second kappa shape index (κ2) is 5.67. The summed E-state index contributed by atoms with van der Waals surface area (Å²) in [4.78, 5) is 15.0. The number of aromatic nitrogens is 2. The molecule has 2 fully saturated rings. The molecule has 1 saturated carbocycles. The first-order chi connectivity index (χ1) is 10.1. The first-order valence-electron chi connectivity index (χ1n) is 7.89. The van der Waals surface area contributed by atoms with Crippen molar-refractivity contribution in [2.45, 2.75) is 58.2 Å². The van der Waals surface area contributed by atoms with Crippen LogP contribution in [-0.4, -0.2) is 45.9 Å². The summed E-state index contributed by atoms with van der Waals surface area (Å²) in [5.74, 6) is 0.00940. The number of morpholine rings is 1. The smallest absolute Gasteiger partial charge is 0.274 e. The van der Waals surface area contributed by atoms with E-state index >= 15 is 0 Å². The van der Waals surface area contributed by atoms with Gasteiger partial charge in [0, 0.05) is 13.1 Å². The average Bonchev–Trinajstić information content (AvgIpc) is 2.81.